The van der Waals surface area contributed by atoms with Gasteiger partial charge in [-0.2, -0.15) is 0 Å². The average molecular weight is 651 g/mol. The van der Waals surface area contributed by atoms with Crippen LogP contribution in [0.25, 0.3) is 6.08 Å². The number of allylic oxidation sites excluding steroid dienone is 3. The Morgan fingerprint density at radius 1 is 1.05 bits per heavy atom. The van der Waals surface area contributed by atoms with Gasteiger partial charge >= 0.3 is 21.6 Å². The van der Waals surface area contributed by atoms with E-state index in [1.165, 1.54) is 6.08 Å². The van der Waals surface area contributed by atoms with E-state index in [-0.39, 0.29) is 23.8 Å². The van der Waals surface area contributed by atoms with Gasteiger partial charge in [0.05, 0.1) is 10.7 Å². The zero-order valence-electron chi connectivity index (χ0n) is 22.7. The van der Waals surface area contributed by atoms with E-state index in [1.54, 1.807) is 30.1 Å². The number of phosphoric ester groups is 2. The number of nitrogens with zero attached hydrogens (tertiary/aromatic N) is 1. The lowest BCUT2D eigenvalue weighted by Gasteiger charge is -2.26. The summed E-state index contributed by atoms with van der Waals surface area (Å²) in [6.07, 6.45) is 11.9. The van der Waals surface area contributed by atoms with Crippen LogP contribution in [0, 0.1) is 0 Å². The molecule has 2 aliphatic heterocycles. The molecule has 1 aromatic rings. The van der Waals surface area contributed by atoms with Gasteiger partial charge in [0, 0.05) is 31.1 Å². The molecule has 0 aromatic heterocycles. The van der Waals surface area contributed by atoms with Crippen molar-refractivity contribution < 1.29 is 56.9 Å². The molecule has 14 nitrogen and oxygen atoms in total. The van der Waals surface area contributed by atoms with Crippen LogP contribution in [0.2, 0.25) is 5.02 Å². The summed E-state index contributed by atoms with van der Waals surface area (Å²) < 4.78 is 38.2. The molecule has 1 saturated heterocycles. The van der Waals surface area contributed by atoms with Crippen molar-refractivity contribution in [1.82, 2.24) is 10.4 Å². The fraction of sp³-hybridized carbons (Fsp3) is 0.440. The Hall–Kier alpha value is -2.67. The number of carbonyl (C=O) groups is 2. The van der Waals surface area contributed by atoms with E-state index in [1.807, 2.05) is 6.08 Å². The maximum Gasteiger partial charge on any atom is 0.524 e. The molecule has 232 valence electrons. The van der Waals surface area contributed by atoms with Crippen LogP contribution in [0.3, 0.4) is 0 Å². The fourth-order valence-electron chi connectivity index (χ4n) is 4.15. The molecule has 1 atom stereocenters. The number of halogens is 1. The minimum atomic E-state index is -5.32. The number of nitrogens with one attached hydrogen (secondary N) is 1. The number of cyclic esters (lactones) is 1. The SMILES string of the molecule is C[C@@H]1CC=CCCC=C/C(NOCC(=O)N2CCCCC2)=C/c2c(Cl)c(OP(=O)(O)O)cc(OP(=O)(O)O)c2C(=O)O1. The molecule has 5 N–H and O–H groups in total. The van der Waals surface area contributed by atoms with Crippen LogP contribution in [-0.2, 0) is 23.5 Å². The van der Waals surface area contributed by atoms with Gasteiger partial charge in [0.1, 0.15) is 11.7 Å². The molecule has 42 heavy (non-hydrogen) atoms. The standard InChI is InChI=1S/C25H33ClN2O12P2/c1-17-10-6-3-2-4-7-11-18(27-37-16-22(29)28-12-8-5-9-13-28)14-19-23(25(30)38-17)20(39-41(31,32)33)15-21(24(19)26)40-42(34,35)36/h3,6-7,11,14-15,17,27H,2,4-5,8-10,12-13,16H2,1H3,(H2,31,32,33)(H2,34,35,36)/b6-3?,11-7?,18-14-/t17-/m1/s1. The number of ether oxygens (including phenoxy) is 1. The number of carbonyl (C=O) groups excluding carboxylic acids is 2. The molecule has 0 saturated carbocycles. The number of esters is 1. The van der Waals surface area contributed by atoms with E-state index in [2.05, 4.69) is 10.0 Å². The molecular weight excluding hydrogens is 618 g/mol. The molecule has 1 fully saturated rings. The number of rotatable bonds is 8. The first-order chi connectivity index (χ1) is 19.7. The van der Waals surface area contributed by atoms with Crippen molar-refractivity contribution in [3.05, 3.63) is 52.2 Å². The Bertz CT molecular complexity index is 1330. The molecule has 17 heteroatoms. The largest absolute Gasteiger partial charge is 0.524 e. The molecule has 2 heterocycles. The van der Waals surface area contributed by atoms with Crippen molar-refractivity contribution in [2.24, 2.45) is 0 Å². The minimum absolute atomic E-state index is 0.113. The number of piperidine rings is 1. The second-order valence-electron chi connectivity index (χ2n) is 9.47. The summed E-state index contributed by atoms with van der Waals surface area (Å²) in [5.74, 6) is -2.90. The van der Waals surface area contributed by atoms with Crippen LogP contribution < -0.4 is 14.5 Å². The molecule has 0 unspecified atom stereocenters. The van der Waals surface area contributed by atoms with Crippen molar-refractivity contribution in [3.63, 3.8) is 0 Å². The molecule has 0 bridgehead atoms. The molecule has 1 amide bonds. The average Bonchev–Trinajstić information content (AvgIpc) is 2.88. The van der Waals surface area contributed by atoms with Crippen molar-refractivity contribution in [2.75, 3.05) is 19.7 Å². The smallest absolute Gasteiger partial charge is 0.459 e. The van der Waals surface area contributed by atoms with Gasteiger partial charge in [-0.3, -0.25) is 34.7 Å². The molecule has 3 rings (SSSR count). The van der Waals surface area contributed by atoms with Gasteiger partial charge in [-0.1, -0.05) is 29.8 Å². The quantitative estimate of drug-likeness (QED) is 0.117. The summed E-state index contributed by atoms with van der Waals surface area (Å²) in [6, 6.07) is 0.666. The van der Waals surface area contributed by atoms with E-state index in [0.29, 0.717) is 38.4 Å². The zero-order chi connectivity index (χ0) is 30.9. The maximum absolute atomic E-state index is 13.3. The topological polar surface area (TPSA) is 201 Å². The summed E-state index contributed by atoms with van der Waals surface area (Å²) in [7, 11) is -10.6. The van der Waals surface area contributed by atoms with Gasteiger partial charge in [0.15, 0.2) is 18.1 Å². The number of amides is 1. The summed E-state index contributed by atoms with van der Waals surface area (Å²) in [5, 5.41) is -0.514. The molecule has 2 aliphatic rings. The third-order valence-corrected chi connectivity index (χ3v) is 7.26. The van der Waals surface area contributed by atoms with E-state index >= 15 is 0 Å². The van der Waals surface area contributed by atoms with Gasteiger partial charge in [-0.15, -0.1) is 0 Å². The number of hydrogen-bond acceptors (Lipinski definition) is 9. The maximum atomic E-state index is 13.3. The first kappa shape index (κ1) is 33.8. The summed E-state index contributed by atoms with van der Waals surface area (Å²) >= 11 is 6.45. The second-order valence-corrected chi connectivity index (χ2v) is 12.2. The normalized spacial score (nSPS) is 20.0. The lowest BCUT2D eigenvalue weighted by atomic mass is 10.0. The minimum Gasteiger partial charge on any atom is -0.459 e. The highest BCUT2D eigenvalue weighted by molar-refractivity contribution is 7.47. The predicted molar refractivity (Wildman–Crippen MR) is 151 cm³/mol. The summed E-state index contributed by atoms with van der Waals surface area (Å²) in [5.41, 5.74) is 1.83. The van der Waals surface area contributed by atoms with Crippen molar-refractivity contribution in [2.45, 2.75) is 51.6 Å². The van der Waals surface area contributed by atoms with Crippen LogP contribution in [0.5, 0.6) is 11.5 Å². The second kappa shape index (κ2) is 15.2. The Morgan fingerprint density at radius 3 is 2.36 bits per heavy atom. The van der Waals surface area contributed by atoms with E-state index in [4.69, 9.17) is 25.7 Å². The van der Waals surface area contributed by atoms with E-state index in [0.717, 1.165) is 19.3 Å². The van der Waals surface area contributed by atoms with Crippen LogP contribution in [0.1, 0.15) is 61.4 Å². The number of phosphoric acid groups is 2. The molecule has 0 aliphatic carbocycles. The van der Waals surface area contributed by atoms with Gasteiger partial charge in [-0.05, 0) is 51.2 Å². The Kier molecular flexibility index (Phi) is 12.2. The summed E-state index contributed by atoms with van der Waals surface area (Å²) in [4.78, 5) is 70.8. The van der Waals surface area contributed by atoms with Gasteiger partial charge < -0.3 is 18.7 Å². The number of fused-ring (bicyclic) bond motifs is 1. The van der Waals surface area contributed by atoms with Crippen LogP contribution >= 0.6 is 27.2 Å². The van der Waals surface area contributed by atoms with Gasteiger partial charge in [0.2, 0.25) is 0 Å². The van der Waals surface area contributed by atoms with Crippen molar-refractivity contribution >= 4 is 45.2 Å². The van der Waals surface area contributed by atoms with Crippen molar-refractivity contribution in [1.29, 1.82) is 0 Å². The zero-order valence-corrected chi connectivity index (χ0v) is 25.2. The number of hydrogen-bond donors (Lipinski definition) is 5. The van der Waals surface area contributed by atoms with Crippen LogP contribution in [0.15, 0.2) is 36.1 Å². The third kappa shape index (κ3) is 10.9. The van der Waals surface area contributed by atoms with Crippen LogP contribution in [0.4, 0.5) is 0 Å². The van der Waals surface area contributed by atoms with E-state index in [9.17, 15) is 38.3 Å². The molecule has 1 aromatic carbocycles. The summed E-state index contributed by atoms with van der Waals surface area (Å²) in [6.45, 7) is 2.50. The number of benzene rings is 1. The first-order valence-electron chi connectivity index (χ1n) is 13.0. The monoisotopic (exact) mass is 650 g/mol. The predicted octanol–water partition coefficient (Wildman–Crippen LogP) is 4.00. The number of likely N-dealkylation sites (tertiary alicyclic amines) is 1. The molecule has 0 spiro atoms. The Labute approximate surface area is 247 Å². The Morgan fingerprint density at radius 2 is 1.69 bits per heavy atom. The van der Waals surface area contributed by atoms with Gasteiger partial charge in [-0.25, -0.2) is 13.9 Å². The van der Waals surface area contributed by atoms with Gasteiger partial charge in [0.25, 0.3) is 5.91 Å². The molecular formula is C25H33ClN2O12P2. The highest BCUT2D eigenvalue weighted by Crippen LogP contribution is 2.49. The first-order valence-corrected chi connectivity index (χ1v) is 16.4. The van der Waals surface area contributed by atoms with E-state index < -0.39 is 49.8 Å². The molecule has 0 radical (unpaired) electrons. The third-order valence-electron chi connectivity index (χ3n) is 6.00. The highest BCUT2D eigenvalue weighted by atomic mass is 35.5. The Balaban J connectivity index is 2.12. The lowest BCUT2D eigenvalue weighted by molar-refractivity contribution is -0.139. The lowest BCUT2D eigenvalue weighted by Crippen LogP contribution is -2.39. The van der Waals surface area contributed by atoms with Crippen molar-refractivity contribution in [3.8, 4) is 11.5 Å². The highest BCUT2D eigenvalue weighted by Gasteiger charge is 2.31. The fourth-order valence-corrected chi connectivity index (χ4v) is 5.25. The van der Waals surface area contributed by atoms with Crippen LogP contribution in [-0.4, -0.2) is 62.2 Å². The number of hydroxylamine groups is 1.